The Hall–Kier alpha value is -1.14. The van der Waals surface area contributed by atoms with Gasteiger partial charge in [-0.15, -0.1) is 0 Å². The fourth-order valence-corrected chi connectivity index (χ4v) is 1.81. The molecule has 0 aliphatic heterocycles. The number of aryl methyl sites for hydroxylation is 1. The molecule has 0 aromatic carbocycles. The summed E-state index contributed by atoms with van der Waals surface area (Å²) in [6.45, 7) is 6.88. The van der Waals surface area contributed by atoms with Gasteiger partial charge in [0.15, 0.2) is 5.13 Å². The largest absolute Gasteiger partial charge is 0.391 e. The number of aliphatic hydroxyl groups excluding tert-OH is 1. The Morgan fingerprint density at radius 1 is 1.62 bits per heavy atom. The molecule has 1 amide bonds. The summed E-state index contributed by atoms with van der Waals surface area (Å²) in [6, 6.07) is 0. The van der Waals surface area contributed by atoms with Gasteiger partial charge in [-0.3, -0.25) is 4.79 Å². The van der Waals surface area contributed by atoms with Crippen LogP contribution < -0.4 is 11.1 Å². The molecule has 0 saturated carbocycles. The molecule has 1 atom stereocenters. The molecular formula is C10H17N3O2S. The second-order valence-electron chi connectivity index (χ2n) is 4.32. The van der Waals surface area contributed by atoms with Crippen LogP contribution in [0.25, 0.3) is 0 Å². The molecule has 5 nitrogen and oxygen atoms in total. The topological polar surface area (TPSA) is 88.2 Å². The van der Waals surface area contributed by atoms with Crippen LogP contribution in [0.3, 0.4) is 0 Å². The number of nitrogen functional groups attached to an aromatic ring is 1. The van der Waals surface area contributed by atoms with Gasteiger partial charge in [0.1, 0.15) is 4.88 Å². The second-order valence-corrected chi connectivity index (χ2v) is 5.35. The fourth-order valence-electron chi connectivity index (χ4n) is 1.08. The van der Waals surface area contributed by atoms with Gasteiger partial charge in [-0.05, 0) is 27.7 Å². The van der Waals surface area contributed by atoms with E-state index in [1.54, 1.807) is 27.7 Å². The smallest absolute Gasteiger partial charge is 0.263 e. The monoisotopic (exact) mass is 243 g/mol. The maximum absolute atomic E-state index is 11.9. The summed E-state index contributed by atoms with van der Waals surface area (Å²) in [6.07, 6.45) is -0.637. The van der Waals surface area contributed by atoms with Crippen molar-refractivity contribution in [3.8, 4) is 0 Å². The third kappa shape index (κ3) is 2.70. The van der Waals surface area contributed by atoms with Crippen LogP contribution in [0.5, 0.6) is 0 Å². The highest BCUT2D eigenvalue weighted by atomic mass is 32.1. The van der Waals surface area contributed by atoms with Gasteiger partial charge in [0.2, 0.25) is 0 Å². The lowest BCUT2D eigenvalue weighted by Gasteiger charge is -2.29. The van der Waals surface area contributed by atoms with E-state index in [1.165, 1.54) is 0 Å². The Morgan fingerprint density at radius 3 is 2.56 bits per heavy atom. The number of thiazole rings is 1. The fraction of sp³-hybridized carbons (Fsp3) is 0.600. The van der Waals surface area contributed by atoms with Gasteiger partial charge in [0.05, 0.1) is 17.3 Å². The summed E-state index contributed by atoms with van der Waals surface area (Å²) in [4.78, 5) is 16.4. The standard InChI is InChI=1S/C10H17N3O2S/c1-5-7(16-9(11)12-5)8(15)13-10(3,4)6(2)14/h6,14H,1-4H3,(H2,11,12)(H,13,15). The van der Waals surface area contributed by atoms with Crippen molar-refractivity contribution in [1.29, 1.82) is 0 Å². The Kier molecular flexibility index (Phi) is 3.54. The molecule has 1 unspecified atom stereocenters. The highest BCUT2D eigenvalue weighted by Crippen LogP contribution is 2.20. The van der Waals surface area contributed by atoms with E-state index in [4.69, 9.17) is 5.73 Å². The van der Waals surface area contributed by atoms with Crippen LogP contribution in [0.15, 0.2) is 0 Å². The van der Waals surface area contributed by atoms with Crippen molar-refractivity contribution in [2.45, 2.75) is 39.3 Å². The highest BCUT2D eigenvalue weighted by Gasteiger charge is 2.28. The van der Waals surface area contributed by atoms with Crippen molar-refractivity contribution >= 4 is 22.4 Å². The summed E-state index contributed by atoms with van der Waals surface area (Å²) in [5, 5.41) is 12.6. The molecular weight excluding hydrogens is 226 g/mol. The van der Waals surface area contributed by atoms with Crippen molar-refractivity contribution in [3.05, 3.63) is 10.6 Å². The summed E-state index contributed by atoms with van der Waals surface area (Å²) in [5.41, 5.74) is 5.45. The van der Waals surface area contributed by atoms with Gasteiger partial charge in [-0.2, -0.15) is 0 Å². The molecule has 1 aromatic rings. The first-order valence-electron chi connectivity index (χ1n) is 4.97. The molecule has 0 radical (unpaired) electrons. The Morgan fingerprint density at radius 2 is 2.19 bits per heavy atom. The molecule has 0 spiro atoms. The quantitative estimate of drug-likeness (QED) is 0.736. The van der Waals surface area contributed by atoms with Gasteiger partial charge in [0.25, 0.3) is 5.91 Å². The normalized spacial score (nSPS) is 13.6. The minimum Gasteiger partial charge on any atom is -0.391 e. The predicted molar refractivity (Wildman–Crippen MR) is 64.5 cm³/mol. The lowest BCUT2D eigenvalue weighted by Crippen LogP contribution is -2.50. The highest BCUT2D eigenvalue weighted by molar-refractivity contribution is 7.17. The third-order valence-electron chi connectivity index (χ3n) is 2.50. The summed E-state index contributed by atoms with van der Waals surface area (Å²) in [7, 11) is 0. The number of aliphatic hydroxyl groups is 1. The minimum atomic E-state index is -0.678. The van der Waals surface area contributed by atoms with E-state index < -0.39 is 11.6 Å². The number of nitrogens with one attached hydrogen (secondary N) is 1. The molecule has 6 heteroatoms. The molecule has 0 bridgehead atoms. The molecule has 1 rings (SSSR count). The lowest BCUT2D eigenvalue weighted by atomic mass is 9.99. The first kappa shape index (κ1) is 12.9. The third-order valence-corrected chi connectivity index (χ3v) is 3.48. The second kappa shape index (κ2) is 4.39. The summed E-state index contributed by atoms with van der Waals surface area (Å²) in [5.74, 6) is -0.252. The number of nitrogens with zero attached hydrogens (tertiary/aromatic N) is 1. The molecule has 0 fully saturated rings. The molecule has 90 valence electrons. The van der Waals surface area contributed by atoms with Crippen LogP contribution in [0, 0.1) is 6.92 Å². The SMILES string of the molecule is Cc1nc(N)sc1C(=O)NC(C)(C)C(C)O. The molecule has 0 saturated heterocycles. The van der Waals surface area contributed by atoms with Crippen LogP contribution in [0.2, 0.25) is 0 Å². The lowest BCUT2D eigenvalue weighted by molar-refractivity contribution is 0.0712. The molecule has 16 heavy (non-hydrogen) atoms. The van der Waals surface area contributed by atoms with E-state index in [0.717, 1.165) is 11.3 Å². The Bertz CT molecular complexity index is 399. The Balaban J connectivity index is 2.85. The van der Waals surface area contributed by atoms with Crippen LogP contribution in [0.4, 0.5) is 5.13 Å². The van der Waals surface area contributed by atoms with Crippen molar-refractivity contribution in [1.82, 2.24) is 10.3 Å². The van der Waals surface area contributed by atoms with E-state index in [2.05, 4.69) is 10.3 Å². The zero-order chi connectivity index (χ0) is 12.5. The number of rotatable bonds is 3. The molecule has 1 heterocycles. The maximum Gasteiger partial charge on any atom is 0.263 e. The molecule has 4 N–H and O–H groups in total. The van der Waals surface area contributed by atoms with Gasteiger partial charge >= 0.3 is 0 Å². The predicted octanol–water partition coefficient (Wildman–Crippen LogP) is 0.923. The number of hydrogen-bond acceptors (Lipinski definition) is 5. The molecule has 0 aliphatic rings. The number of aromatic nitrogens is 1. The van der Waals surface area contributed by atoms with Gasteiger partial charge in [-0.1, -0.05) is 11.3 Å². The van der Waals surface area contributed by atoms with Crippen LogP contribution in [-0.2, 0) is 0 Å². The first-order valence-corrected chi connectivity index (χ1v) is 5.79. The number of amides is 1. The number of nitrogens with two attached hydrogens (primary N) is 1. The van der Waals surface area contributed by atoms with Gasteiger partial charge in [0, 0.05) is 0 Å². The maximum atomic E-state index is 11.9. The average Bonchev–Trinajstić information content (AvgIpc) is 2.44. The first-order chi connectivity index (χ1) is 7.24. The average molecular weight is 243 g/mol. The van der Waals surface area contributed by atoms with E-state index in [-0.39, 0.29) is 5.91 Å². The number of hydrogen-bond donors (Lipinski definition) is 3. The van der Waals surface area contributed by atoms with Crippen LogP contribution in [0.1, 0.15) is 36.1 Å². The minimum absolute atomic E-state index is 0.252. The van der Waals surface area contributed by atoms with Crippen molar-refractivity contribution in [3.63, 3.8) is 0 Å². The van der Waals surface area contributed by atoms with Crippen molar-refractivity contribution in [2.75, 3.05) is 5.73 Å². The summed E-state index contributed by atoms with van der Waals surface area (Å²) >= 11 is 1.15. The zero-order valence-corrected chi connectivity index (χ0v) is 10.7. The van der Waals surface area contributed by atoms with Gasteiger partial charge < -0.3 is 16.2 Å². The van der Waals surface area contributed by atoms with E-state index in [9.17, 15) is 9.90 Å². The van der Waals surface area contributed by atoms with Crippen LogP contribution in [-0.4, -0.2) is 27.6 Å². The number of carbonyl (C=O) groups excluding carboxylic acids is 1. The molecule has 0 aliphatic carbocycles. The van der Waals surface area contributed by atoms with Gasteiger partial charge in [-0.25, -0.2) is 4.98 Å². The van der Waals surface area contributed by atoms with Crippen molar-refractivity contribution < 1.29 is 9.90 Å². The van der Waals surface area contributed by atoms with E-state index in [1.807, 2.05) is 0 Å². The van der Waals surface area contributed by atoms with E-state index >= 15 is 0 Å². The van der Waals surface area contributed by atoms with Crippen LogP contribution >= 0.6 is 11.3 Å². The number of carbonyl (C=O) groups is 1. The van der Waals surface area contributed by atoms with Crippen molar-refractivity contribution in [2.24, 2.45) is 0 Å². The zero-order valence-electron chi connectivity index (χ0n) is 9.87. The Labute approximate surface area is 98.7 Å². The number of anilines is 1. The molecule has 1 aromatic heterocycles. The summed E-state index contributed by atoms with van der Waals surface area (Å²) < 4.78 is 0. The van der Waals surface area contributed by atoms with E-state index in [0.29, 0.717) is 15.7 Å².